The smallest absolute Gasteiger partial charge is 0.183 e. The minimum Gasteiger partial charge on any atom is -0.316 e. The molecule has 78 valence electrons. The fourth-order valence-corrected chi connectivity index (χ4v) is 1.86. The van der Waals surface area contributed by atoms with E-state index in [1.807, 2.05) is 4.40 Å². The summed E-state index contributed by atoms with van der Waals surface area (Å²) in [7, 11) is 0. The molecule has 2 aromatic heterocycles. The maximum Gasteiger partial charge on any atom is 0.183 e. The van der Waals surface area contributed by atoms with E-state index in [9.17, 15) is 4.79 Å². The van der Waals surface area contributed by atoms with Crippen molar-refractivity contribution in [2.75, 3.05) is 13.1 Å². The standard InChI is InChI=1S/C10H12N4O/c15-8-1-2-14-9(3-7-5-11-6-7)12-13-10(14)4-8/h1-2,4,7,11,13H,3,5-6H2. The second-order valence-electron chi connectivity index (χ2n) is 3.99. The van der Waals surface area contributed by atoms with E-state index in [4.69, 9.17) is 0 Å². The number of rotatable bonds is 2. The summed E-state index contributed by atoms with van der Waals surface area (Å²) in [4.78, 5) is 11.1. The molecule has 0 aliphatic carbocycles. The summed E-state index contributed by atoms with van der Waals surface area (Å²) in [5.74, 6) is 1.67. The van der Waals surface area contributed by atoms with E-state index >= 15 is 0 Å². The lowest BCUT2D eigenvalue weighted by molar-refractivity contribution is 0.340. The van der Waals surface area contributed by atoms with Gasteiger partial charge in [0.15, 0.2) is 5.43 Å². The number of H-pyrrole nitrogens is 1. The van der Waals surface area contributed by atoms with Crippen LogP contribution in [0.1, 0.15) is 5.82 Å². The Morgan fingerprint density at radius 1 is 1.53 bits per heavy atom. The molecule has 1 aliphatic heterocycles. The van der Waals surface area contributed by atoms with Crippen molar-refractivity contribution >= 4 is 5.65 Å². The lowest BCUT2D eigenvalue weighted by Crippen LogP contribution is -2.43. The Labute approximate surface area is 86.1 Å². The largest absolute Gasteiger partial charge is 0.316 e. The van der Waals surface area contributed by atoms with Gasteiger partial charge in [0.2, 0.25) is 0 Å². The summed E-state index contributed by atoms with van der Waals surface area (Å²) in [6, 6.07) is 3.13. The molecule has 2 aromatic rings. The van der Waals surface area contributed by atoms with E-state index in [1.54, 1.807) is 18.3 Å². The van der Waals surface area contributed by atoms with E-state index in [1.165, 1.54) is 0 Å². The lowest BCUT2D eigenvalue weighted by Gasteiger charge is -2.26. The molecule has 0 saturated carbocycles. The Morgan fingerprint density at radius 2 is 2.40 bits per heavy atom. The van der Waals surface area contributed by atoms with Crippen molar-refractivity contribution in [2.45, 2.75) is 6.42 Å². The van der Waals surface area contributed by atoms with Crippen LogP contribution in [-0.4, -0.2) is 27.7 Å². The number of nitrogens with zero attached hydrogens (tertiary/aromatic N) is 2. The number of aromatic amines is 1. The predicted octanol–water partition coefficient (Wildman–Crippen LogP) is -0.216. The molecule has 3 heterocycles. The van der Waals surface area contributed by atoms with Crippen molar-refractivity contribution in [2.24, 2.45) is 5.92 Å². The van der Waals surface area contributed by atoms with E-state index in [0.717, 1.165) is 31.0 Å². The normalized spacial score (nSPS) is 16.8. The molecule has 0 bridgehead atoms. The van der Waals surface area contributed by atoms with Gasteiger partial charge in [0, 0.05) is 24.8 Å². The monoisotopic (exact) mass is 204 g/mol. The maximum atomic E-state index is 11.1. The van der Waals surface area contributed by atoms with E-state index in [2.05, 4.69) is 15.5 Å². The van der Waals surface area contributed by atoms with Gasteiger partial charge in [-0.1, -0.05) is 0 Å². The molecule has 0 unspecified atom stereocenters. The molecule has 15 heavy (non-hydrogen) atoms. The van der Waals surface area contributed by atoms with E-state index < -0.39 is 0 Å². The molecule has 0 amide bonds. The second-order valence-corrected chi connectivity index (χ2v) is 3.99. The van der Waals surface area contributed by atoms with Gasteiger partial charge in [-0.05, 0) is 19.0 Å². The van der Waals surface area contributed by atoms with Gasteiger partial charge in [0.1, 0.15) is 11.5 Å². The van der Waals surface area contributed by atoms with Crippen molar-refractivity contribution in [1.29, 1.82) is 0 Å². The molecular formula is C10H12N4O. The van der Waals surface area contributed by atoms with Crippen LogP contribution in [0.5, 0.6) is 0 Å². The summed E-state index contributed by atoms with van der Waals surface area (Å²) in [5, 5.41) is 10.3. The van der Waals surface area contributed by atoms with Crippen LogP contribution in [0, 0.1) is 5.92 Å². The summed E-state index contributed by atoms with van der Waals surface area (Å²) in [5.41, 5.74) is 0.778. The van der Waals surface area contributed by atoms with E-state index in [0.29, 0.717) is 5.92 Å². The molecule has 3 rings (SSSR count). The van der Waals surface area contributed by atoms with Crippen LogP contribution in [0.3, 0.4) is 0 Å². The van der Waals surface area contributed by atoms with Crippen LogP contribution < -0.4 is 10.7 Å². The van der Waals surface area contributed by atoms with Crippen molar-refractivity contribution < 1.29 is 0 Å². The van der Waals surface area contributed by atoms with Gasteiger partial charge in [-0.2, -0.15) is 5.10 Å². The van der Waals surface area contributed by atoms with Gasteiger partial charge >= 0.3 is 0 Å². The quantitative estimate of drug-likeness (QED) is 0.711. The number of nitrogens with one attached hydrogen (secondary N) is 2. The molecule has 0 radical (unpaired) electrons. The lowest BCUT2D eigenvalue weighted by atomic mass is 9.99. The van der Waals surface area contributed by atoms with Crippen LogP contribution in [-0.2, 0) is 6.42 Å². The highest BCUT2D eigenvalue weighted by Crippen LogP contribution is 2.11. The predicted molar refractivity (Wildman–Crippen MR) is 55.9 cm³/mol. The molecule has 0 atom stereocenters. The first kappa shape index (κ1) is 8.67. The van der Waals surface area contributed by atoms with Gasteiger partial charge in [0.05, 0.1) is 0 Å². The minimum absolute atomic E-state index is 0.00973. The number of hydrogen-bond donors (Lipinski definition) is 2. The first-order valence-corrected chi connectivity index (χ1v) is 5.09. The topological polar surface area (TPSA) is 62.2 Å². The number of aromatic nitrogens is 3. The van der Waals surface area contributed by atoms with E-state index in [-0.39, 0.29) is 5.43 Å². The molecule has 1 aliphatic rings. The molecule has 2 N–H and O–H groups in total. The van der Waals surface area contributed by atoms with Gasteiger partial charge in [-0.15, -0.1) is 0 Å². The highest BCUT2D eigenvalue weighted by Gasteiger charge is 2.19. The minimum atomic E-state index is 0.00973. The highest BCUT2D eigenvalue weighted by atomic mass is 16.1. The second kappa shape index (κ2) is 3.20. The molecule has 0 spiro atoms. The third kappa shape index (κ3) is 1.45. The van der Waals surface area contributed by atoms with Crippen LogP contribution in [0.2, 0.25) is 0 Å². The fraction of sp³-hybridized carbons (Fsp3) is 0.400. The van der Waals surface area contributed by atoms with Gasteiger partial charge in [0.25, 0.3) is 0 Å². The number of pyridine rings is 1. The summed E-state index contributed by atoms with van der Waals surface area (Å²) in [6.07, 6.45) is 2.73. The molecule has 5 heteroatoms. The third-order valence-corrected chi connectivity index (χ3v) is 2.84. The summed E-state index contributed by atoms with van der Waals surface area (Å²) >= 11 is 0. The van der Waals surface area contributed by atoms with Crippen molar-refractivity contribution in [3.63, 3.8) is 0 Å². The van der Waals surface area contributed by atoms with Gasteiger partial charge < -0.3 is 5.32 Å². The van der Waals surface area contributed by atoms with Crippen molar-refractivity contribution in [3.8, 4) is 0 Å². The first-order valence-electron chi connectivity index (χ1n) is 5.09. The van der Waals surface area contributed by atoms with Crippen molar-refractivity contribution in [3.05, 3.63) is 34.4 Å². The Hall–Kier alpha value is -1.62. The van der Waals surface area contributed by atoms with Crippen molar-refractivity contribution in [1.82, 2.24) is 19.9 Å². The Balaban J connectivity index is 2.00. The van der Waals surface area contributed by atoms with Gasteiger partial charge in [-0.3, -0.25) is 14.3 Å². The molecule has 1 saturated heterocycles. The SMILES string of the molecule is O=c1ccn2c(CC3CNC3)n[nH]c2c1. The Morgan fingerprint density at radius 3 is 3.13 bits per heavy atom. The fourth-order valence-electron chi connectivity index (χ4n) is 1.86. The zero-order valence-electron chi connectivity index (χ0n) is 8.23. The van der Waals surface area contributed by atoms with Crippen LogP contribution in [0.4, 0.5) is 0 Å². The zero-order chi connectivity index (χ0) is 10.3. The summed E-state index contributed by atoms with van der Waals surface area (Å²) in [6.45, 7) is 2.13. The first-order chi connectivity index (χ1) is 7.33. The van der Waals surface area contributed by atoms with Crippen LogP contribution in [0.25, 0.3) is 5.65 Å². The molecular weight excluding hydrogens is 192 g/mol. The number of hydrogen-bond acceptors (Lipinski definition) is 3. The van der Waals surface area contributed by atoms with Crippen LogP contribution >= 0.6 is 0 Å². The Kier molecular flexibility index (Phi) is 1.85. The third-order valence-electron chi connectivity index (χ3n) is 2.84. The zero-order valence-corrected chi connectivity index (χ0v) is 8.23. The average Bonchev–Trinajstić information content (AvgIpc) is 2.54. The average molecular weight is 204 g/mol. The molecule has 0 aromatic carbocycles. The molecule has 5 nitrogen and oxygen atoms in total. The maximum absolute atomic E-state index is 11.1. The van der Waals surface area contributed by atoms with Crippen LogP contribution in [0.15, 0.2) is 23.1 Å². The number of fused-ring (bicyclic) bond motifs is 1. The molecule has 1 fully saturated rings. The Bertz CT molecular complexity index is 538. The summed E-state index contributed by atoms with van der Waals surface area (Å²) < 4.78 is 1.94. The van der Waals surface area contributed by atoms with Gasteiger partial charge in [-0.25, -0.2) is 0 Å². The highest BCUT2D eigenvalue weighted by molar-refractivity contribution is 5.37.